The summed E-state index contributed by atoms with van der Waals surface area (Å²) >= 11 is 0. The zero-order valence-electron chi connectivity index (χ0n) is 11.2. The molecule has 1 aliphatic rings. The summed E-state index contributed by atoms with van der Waals surface area (Å²) in [7, 11) is 1.93. The van der Waals surface area contributed by atoms with Crippen molar-refractivity contribution in [1.29, 1.82) is 0 Å². The van der Waals surface area contributed by atoms with Gasteiger partial charge in [-0.3, -0.25) is 4.79 Å². The normalized spacial score (nSPS) is 23.0. The number of carbonyl (C=O) groups excluding carboxylic acids is 1. The second kappa shape index (κ2) is 6.01. The van der Waals surface area contributed by atoms with E-state index in [1.807, 2.05) is 31.3 Å². The van der Waals surface area contributed by atoms with E-state index in [1.54, 1.807) is 0 Å². The fraction of sp³-hybridized carbons (Fsp3) is 0.533. The van der Waals surface area contributed by atoms with Crippen LogP contribution in [-0.2, 0) is 11.3 Å². The monoisotopic (exact) mass is 246 g/mol. The molecule has 0 radical (unpaired) electrons. The Labute approximate surface area is 109 Å². The van der Waals surface area contributed by atoms with Crippen molar-refractivity contribution >= 4 is 11.6 Å². The van der Waals surface area contributed by atoms with Crippen molar-refractivity contribution in [2.24, 2.45) is 11.8 Å². The maximum atomic E-state index is 12.1. The predicted octanol–water partition coefficient (Wildman–Crippen LogP) is 2.78. The van der Waals surface area contributed by atoms with Crippen molar-refractivity contribution in [1.82, 2.24) is 5.32 Å². The molecular weight excluding hydrogens is 224 g/mol. The van der Waals surface area contributed by atoms with E-state index in [2.05, 4.69) is 17.6 Å². The SMILES string of the molecule is CNCc1ccc(NC(=O)C2CCCC2C)cc1. The van der Waals surface area contributed by atoms with Crippen LogP contribution in [-0.4, -0.2) is 13.0 Å². The molecule has 1 saturated carbocycles. The minimum atomic E-state index is 0.182. The van der Waals surface area contributed by atoms with Crippen LogP contribution in [0.2, 0.25) is 0 Å². The summed E-state index contributed by atoms with van der Waals surface area (Å²) < 4.78 is 0. The first-order valence-electron chi connectivity index (χ1n) is 6.75. The maximum Gasteiger partial charge on any atom is 0.227 e. The number of carbonyl (C=O) groups is 1. The lowest BCUT2D eigenvalue weighted by Crippen LogP contribution is -2.24. The summed E-state index contributed by atoms with van der Waals surface area (Å²) in [5.74, 6) is 0.900. The van der Waals surface area contributed by atoms with Gasteiger partial charge >= 0.3 is 0 Å². The highest BCUT2D eigenvalue weighted by Crippen LogP contribution is 2.32. The molecule has 0 aromatic heterocycles. The third kappa shape index (κ3) is 3.10. The average Bonchev–Trinajstić information content (AvgIpc) is 2.78. The Kier molecular flexibility index (Phi) is 4.37. The summed E-state index contributed by atoms with van der Waals surface area (Å²) in [4.78, 5) is 12.1. The van der Waals surface area contributed by atoms with Crippen molar-refractivity contribution in [3.05, 3.63) is 29.8 Å². The van der Waals surface area contributed by atoms with Crippen LogP contribution in [0.3, 0.4) is 0 Å². The van der Waals surface area contributed by atoms with Gasteiger partial charge in [-0.15, -0.1) is 0 Å². The van der Waals surface area contributed by atoms with Crippen LogP contribution in [0.25, 0.3) is 0 Å². The third-order valence-electron chi connectivity index (χ3n) is 3.80. The van der Waals surface area contributed by atoms with Crippen LogP contribution in [0.4, 0.5) is 5.69 Å². The van der Waals surface area contributed by atoms with E-state index in [1.165, 1.54) is 18.4 Å². The van der Waals surface area contributed by atoms with Crippen LogP contribution < -0.4 is 10.6 Å². The number of hydrogen-bond donors (Lipinski definition) is 2. The minimum Gasteiger partial charge on any atom is -0.326 e. The molecule has 0 heterocycles. The molecule has 98 valence electrons. The Morgan fingerprint density at radius 3 is 2.56 bits per heavy atom. The second-order valence-corrected chi connectivity index (χ2v) is 5.23. The van der Waals surface area contributed by atoms with Gasteiger partial charge in [0.25, 0.3) is 0 Å². The van der Waals surface area contributed by atoms with Gasteiger partial charge in [0.05, 0.1) is 0 Å². The molecule has 1 aromatic carbocycles. The molecule has 18 heavy (non-hydrogen) atoms. The first kappa shape index (κ1) is 13.1. The highest BCUT2D eigenvalue weighted by molar-refractivity contribution is 5.92. The van der Waals surface area contributed by atoms with Crippen LogP contribution in [0.5, 0.6) is 0 Å². The van der Waals surface area contributed by atoms with Gasteiger partial charge in [-0.25, -0.2) is 0 Å². The number of hydrogen-bond acceptors (Lipinski definition) is 2. The lowest BCUT2D eigenvalue weighted by molar-refractivity contribution is -0.120. The van der Waals surface area contributed by atoms with Gasteiger partial charge in [0, 0.05) is 18.2 Å². The van der Waals surface area contributed by atoms with E-state index >= 15 is 0 Å². The van der Waals surface area contributed by atoms with Gasteiger partial charge in [-0.2, -0.15) is 0 Å². The molecular formula is C15H22N2O. The summed E-state index contributed by atoms with van der Waals surface area (Å²) in [5, 5.41) is 6.13. The minimum absolute atomic E-state index is 0.182. The number of amides is 1. The van der Waals surface area contributed by atoms with Crippen LogP contribution in [0.1, 0.15) is 31.7 Å². The Hall–Kier alpha value is -1.35. The van der Waals surface area contributed by atoms with Crippen LogP contribution >= 0.6 is 0 Å². The van der Waals surface area contributed by atoms with E-state index in [0.29, 0.717) is 5.92 Å². The lowest BCUT2D eigenvalue weighted by atomic mass is 9.97. The smallest absolute Gasteiger partial charge is 0.227 e. The zero-order chi connectivity index (χ0) is 13.0. The van der Waals surface area contributed by atoms with Crippen molar-refractivity contribution in [2.45, 2.75) is 32.7 Å². The summed E-state index contributed by atoms with van der Waals surface area (Å²) in [6.45, 7) is 3.03. The molecule has 0 aliphatic heterocycles. The number of benzene rings is 1. The summed E-state index contributed by atoms with van der Waals surface area (Å²) in [6.07, 6.45) is 3.39. The molecule has 3 heteroatoms. The maximum absolute atomic E-state index is 12.1. The van der Waals surface area contributed by atoms with E-state index < -0.39 is 0 Å². The van der Waals surface area contributed by atoms with Gasteiger partial charge in [-0.05, 0) is 43.5 Å². The van der Waals surface area contributed by atoms with Crippen molar-refractivity contribution in [3.8, 4) is 0 Å². The fourth-order valence-corrected chi connectivity index (χ4v) is 2.68. The van der Waals surface area contributed by atoms with Gasteiger partial charge in [-0.1, -0.05) is 25.5 Å². The van der Waals surface area contributed by atoms with Crippen molar-refractivity contribution < 1.29 is 4.79 Å². The first-order valence-corrected chi connectivity index (χ1v) is 6.75. The second-order valence-electron chi connectivity index (χ2n) is 5.23. The van der Waals surface area contributed by atoms with Gasteiger partial charge in [0.1, 0.15) is 0 Å². The van der Waals surface area contributed by atoms with Crippen LogP contribution in [0, 0.1) is 11.8 Å². The molecule has 1 aromatic rings. The molecule has 2 rings (SSSR count). The first-order chi connectivity index (χ1) is 8.70. The highest BCUT2D eigenvalue weighted by atomic mass is 16.1. The number of nitrogens with one attached hydrogen (secondary N) is 2. The molecule has 2 atom stereocenters. The largest absolute Gasteiger partial charge is 0.326 e. The van der Waals surface area contributed by atoms with Crippen LogP contribution in [0.15, 0.2) is 24.3 Å². The summed E-state index contributed by atoms with van der Waals surface area (Å²) in [6, 6.07) is 8.04. The Morgan fingerprint density at radius 1 is 1.28 bits per heavy atom. The predicted molar refractivity (Wildman–Crippen MR) is 74.3 cm³/mol. The van der Waals surface area contributed by atoms with Crippen molar-refractivity contribution in [2.75, 3.05) is 12.4 Å². The molecule has 3 nitrogen and oxygen atoms in total. The quantitative estimate of drug-likeness (QED) is 0.857. The van der Waals surface area contributed by atoms with Crippen molar-refractivity contribution in [3.63, 3.8) is 0 Å². The Morgan fingerprint density at radius 2 is 2.00 bits per heavy atom. The number of rotatable bonds is 4. The standard InChI is InChI=1S/C15H22N2O/c1-11-4-3-5-14(11)15(18)17-13-8-6-12(7-9-13)10-16-2/h6-9,11,14,16H,3-5,10H2,1-2H3,(H,17,18). The molecule has 1 fully saturated rings. The van der Waals surface area contributed by atoms with E-state index in [4.69, 9.17) is 0 Å². The van der Waals surface area contributed by atoms with E-state index in [9.17, 15) is 4.79 Å². The topological polar surface area (TPSA) is 41.1 Å². The Bertz CT molecular complexity index is 399. The fourth-order valence-electron chi connectivity index (χ4n) is 2.68. The average molecular weight is 246 g/mol. The molecule has 1 amide bonds. The molecule has 0 bridgehead atoms. The van der Waals surface area contributed by atoms with Gasteiger partial charge in [0.15, 0.2) is 0 Å². The summed E-state index contributed by atoms with van der Waals surface area (Å²) in [5.41, 5.74) is 2.13. The highest BCUT2D eigenvalue weighted by Gasteiger charge is 2.29. The van der Waals surface area contributed by atoms with Gasteiger partial charge in [0.2, 0.25) is 5.91 Å². The van der Waals surface area contributed by atoms with E-state index in [-0.39, 0.29) is 11.8 Å². The van der Waals surface area contributed by atoms with Gasteiger partial charge < -0.3 is 10.6 Å². The Balaban J connectivity index is 1.94. The zero-order valence-corrected chi connectivity index (χ0v) is 11.2. The lowest BCUT2D eigenvalue weighted by Gasteiger charge is -2.15. The molecule has 0 spiro atoms. The number of anilines is 1. The molecule has 1 aliphatic carbocycles. The molecule has 2 unspecified atom stereocenters. The van der Waals surface area contributed by atoms with E-state index in [0.717, 1.165) is 18.7 Å². The molecule has 2 N–H and O–H groups in total. The third-order valence-corrected chi connectivity index (χ3v) is 3.80. The molecule has 0 saturated heterocycles.